The van der Waals surface area contributed by atoms with E-state index in [0.29, 0.717) is 18.7 Å². The van der Waals surface area contributed by atoms with Crippen LogP contribution in [0, 0.1) is 13.8 Å². The molecule has 1 amide bonds. The van der Waals surface area contributed by atoms with Crippen molar-refractivity contribution in [1.82, 2.24) is 16.0 Å². The van der Waals surface area contributed by atoms with Crippen LogP contribution in [-0.4, -0.2) is 32.0 Å². The highest BCUT2D eigenvalue weighted by Gasteiger charge is 2.05. The molecular formula is C18H25IN4OS. The number of hydrogen-bond donors (Lipinski definition) is 3. The van der Waals surface area contributed by atoms with E-state index in [9.17, 15) is 4.79 Å². The number of nitrogens with zero attached hydrogens (tertiary/aromatic N) is 1. The van der Waals surface area contributed by atoms with E-state index in [4.69, 9.17) is 0 Å². The second-order valence-electron chi connectivity index (χ2n) is 5.49. The maximum atomic E-state index is 12.0. The molecule has 0 aliphatic heterocycles. The third kappa shape index (κ3) is 7.43. The molecule has 136 valence electrons. The van der Waals surface area contributed by atoms with E-state index in [1.807, 2.05) is 31.2 Å². The molecule has 1 heterocycles. The van der Waals surface area contributed by atoms with Crippen LogP contribution in [0.15, 0.2) is 41.4 Å². The predicted octanol–water partition coefficient (Wildman–Crippen LogP) is 3.08. The molecule has 0 unspecified atom stereocenters. The van der Waals surface area contributed by atoms with Crippen LogP contribution in [-0.2, 0) is 6.54 Å². The first-order chi connectivity index (χ1) is 11.6. The van der Waals surface area contributed by atoms with Crippen LogP contribution in [0.5, 0.6) is 0 Å². The van der Waals surface area contributed by atoms with Gasteiger partial charge in [0, 0.05) is 35.5 Å². The standard InChI is InChI=1S/C18H24N4OS.HI/c1-13-5-4-6-15(11-13)17(23)20-9-10-21-18(19-3)22-12-16-8-7-14(2)24-16;/h4-8,11H,9-10,12H2,1-3H3,(H,20,23)(H2,19,21,22);1H. The fourth-order valence-electron chi connectivity index (χ4n) is 2.22. The van der Waals surface area contributed by atoms with Crippen LogP contribution < -0.4 is 16.0 Å². The Bertz CT molecular complexity index is 715. The summed E-state index contributed by atoms with van der Waals surface area (Å²) in [6.45, 7) is 5.96. The van der Waals surface area contributed by atoms with Crippen LogP contribution in [0.3, 0.4) is 0 Å². The molecule has 5 nitrogen and oxygen atoms in total. The molecule has 0 saturated heterocycles. The quantitative estimate of drug-likeness (QED) is 0.262. The molecular weight excluding hydrogens is 447 g/mol. The molecule has 0 radical (unpaired) electrons. The Morgan fingerprint density at radius 2 is 1.84 bits per heavy atom. The van der Waals surface area contributed by atoms with E-state index in [1.165, 1.54) is 9.75 Å². The van der Waals surface area contributed by atoms with Gasteiger partial charge in [0.1, 0.15) is 0 Å². The highest BCUT2D eigenvalue weighted by Crippen LogP contribution is 2.14. The van der Waals surface area contributed by atoms with Crippen LogP contribution in [0.2, 0.25) is 0 Å². The highest BCUT2D eigenvalue weighted by molar-refractivity contribution is 14.0. The van der Waals surface area contributed by atoms with Gasteiger partial charge < -0.3 is 16.0 Å². The average Bonchev–Trinajstić information content (AvgIpc) is 2.99. The molecule has 0 bridgehead atoms. The van der Waals surface area contributed by atoms with E-state index in [1.54, 1.807) is 18.4 Å². The minimum atomic E-state index is -0.0579. The lowest BCUT2D eigenvalue weighted by atomic mass is 10.1. The Labute approximate surface area is 170 Å². The second-order valence-corrected chi connectivity index (χ2v) is 6.86. The summed E-state index contributed by atoms with van der Waals surface area (Å²) in [7, 11) is 1.74. The molecule has 7 heteroatoms. The smallest absolute Gasteiger partial charge is 0.251 e. The molecule has 2 rings (SSSR count). The van der Waals surface area contributed by atoms with E-state index >= 15 is 0 Å². The van der Waals surface area contributed by atoms with Gasteiger partial charge in [0.2, 0.25) is 0 Å². The Morgan fingerprint density at radius 3 is 2.48 bits per heavy atom. The van der Waals surface area contributed by atoms with Crippen molar-refractivity contribution in [3.63, 3.8) is 0 Å². The molecule has 0 spiro atoms. The highest BCUT2D eigenvalue weighted by atomic mass is 127. The number of carbonyl (C=O) groups is 1. The number of aryl methyl sites for hydroxylation is 2. The largest absolute Gasteiger partial charge is 0.355 e. The zero-order valence-electron chi connectivity index (χ0n) is 14.8. The molecule has 3 N–H and O–H groups in total. The molecule has 25 heavy (non-hydrogen) atoms. The van der Waals surface area contributed by atoms with Gasteiger partial charge in [-0.1, -0.05) is 17.7 Å². The fourth-order valence-corrected chi connectivity index (χ4v) is 3.05. The summed E-state index contributed by atoms with van der Waals surface area (Å²) in [6.07, 6.45) is 0. The fraction of sp³-hybridized carbons (Fsp3) is 0.333. The van der Waals surface area contributed by atoms with Crippen LogP contribution in [0.1, 0.15) is 25.7 Å². The van der Waals surface area contributed by atoms with E-state index in [-0.39, 0.29) is 29.9 Å². The summed E-state index contributed by atoms with van der Waals surface area (Å²) in [5, 5.41) is 9.36. The number of halogens is 1. The van der Waals surface area contributed by atoms with Crippen molar-refractivity contribution >= 4 is 47.2 Å². The first-order valence-electron chi connectivity index (χ1n) is 7.93. The summed E-state index contributed by atoms with van der Waals surface area (Å²) in [4.78, 5) is 18.8. The minimum absolute atomic E-state index is 0. The van der Waals surface area contributed by atoms with Crippen LogP contribution >= 0.6 is 35.3 Å². The van der Waals surface area contributed by atoms with Gasteiger partial charge in [-0.15, -0.1) is 35.3 Å². The van der Waals surface area contributed by atoms with Gasteiger partial charge in [-0.2, -0.15) is 0 Å². The van der Waals surface area contributed by atoms with Gasteiger partial charge in [-0.05, 0) is 38.1 Å². The maximum Gasteiger partial charge on any atom is 0.251 e. The van der Waals surface area contributed by atoms with Gasteiger partial charge in [-0.3, -0.25) is 9.79 Å². The van der Waals surface area contributed by atoms with Gasteiger partial charge in [-0.25, -0.2) is 0 Å². The SMILES string of the molecule is CN=C(NCCNC(=O)c1cccc(C)c1)NCc1ccc(C)s1.I. The first-order valence-corrected chi connectivity index (χ1v) is 8.75. The number of amides is 1. The zero-order chi connectivity index (χ0) is 17.4. The topological polar surface area (TPSA) is 65.5 Å². The molecule has 0 saturated carbocycles. The van der Waals surface area contributed by atoms with Crippen LogP contribution in [0.4, 0.5) is 0 Å². The van der Waals surface area contributed by atoms with Crippen molar-refractivity contribution < 1.29 is 4.79 Å². The maximum absolute atomic E-state index is 12.0. The third-order valence-electron chi connectivity index (χ3n) is 3.43. The van der Waals surface area contributed by atoms with Gasteiger partial charge in [0.25, 0.3) is 5.91 Å². The number of nitrogens with one attached hydrogen (secondary N) is 3. The van der Waals surface area contributed by atoms with Crippen molar-refractivity contribution in [2.75, 3.05) is 20.1 Å². The lowest BCUT2D eigenvalue weighted by molar-refractivity contribution is 0.0954. The monoisotopic (exact) mass is 472 g/mol. The molecule has 0 fully saturated rings. The van der Waals surface area contributed by atoms with Crippen molar-refractivity contribution in [3.05, 3.63) is 57.3 Å². The Balaban J connectivity index is 0.00000312. The summed E-state index contributed by atoms with van der Waals surface area (Å²) in [5.41, 5.74) is 1.76. The number of hydrogen-bond acceptors (Lipinski definition) is 3. The molecule has 0 aliphatic rings. The zero-order valence-corrected chi connectivity index (χ0v) is 17.9. The molecule has 0 aliphatic carbocycles. The number of benzene rings is 1. The second kappa shape index (κ2) is 11.1. The van der Waals surface area contributed by atoms with E-state index < -0.39 is 0 Å². The van der Waals surface area contributed by atoms with E-state index in [0.717, 1.165) is 18.1 Å². The number of guanidine groups is 1. The summed E-state index contributed by atoms with van der Waals surface area (Å²) >= 11 is 1.77. The van der Waals surface area contributed by atoms with Gasteiger partial charge >= 0.3 is 0 Å². The molecule has 1 aromatic heterocycles. The third-order valence-corrected chi connectivity index (χ3v) is 4.43. The number of aliphatic imine (C=N–C) groups is 1. The molecule has 2 aromatic rings. The van der Waals surface area contributed by atoms with Gasteiger partial charge in [0.15, 0.2) is 5.96 Å². The number of carbonyl (C=O) groups excluding carboxylic acids is 1. The number of rotatable bonds is 6. The summed E-state index contributed by atoms with van der Waals surface area (Å²) < 4.78 is 0. The summed E-state index contributed by atoms with van der Waals surface area (Å²) in [6, 6.07) is 11.8. The minimum Gasteiger partial charge on any atom is -0.355 e. The van der Waals surface area contributed by atoms with Gasteiger partial charge in [0.05, 0.1) is 6.54 Å². The van der Waals surface area contributed by atoms with Crippen molar-refractivity contribution in [2.24, 2.45) is 4.99 Å². The Hall–Kier alpha value is -1.61. The first kappa shape index (κ1) is 21.4. The number of thiophene rings is 1. The summed E-state index contributed by atoms with van der Waals surface area (Å²) in [5.74, 6) is 0.670. The lowest BCUT2D eigenvalue weighted by Crippen LogP contribution is -2.41. The molecule has 1 aromatic carbocycles. The normalized spacial score (nSPS) is 10.8. The lowest BCUT2D eigenvalue weighted by Gasteiger charge is -2.12. The van der Waals surface area contributed by atoms with Crippen molar-refractivity contribution in [3.8, 4) is 0 Å². The molecule has 0 atom stereocenters. The Morgan fingerprint density at radius 1 is 1.08 bits per heavy atom. The van der Waals surface area contributed by atoms with Crippen molar-refractivity contribution in [1.29, 1.82) is 0 Å². The van der Waals surface area contributed by atoms with E-state index in [2.05, 4.69) is 40.0 Å². The predicted molar refractivity (Wildman–Crippen MR) is 116 cm³/mol. The van der Waals surface area contributed by atoms with Crippen molar-refractivity contribution in [2.45, 2.75) is 20.4 Å². The van der Waals surface area contributed by atoms with Crippen LogP contribution in [0.25, 0.3) is 0 Å². The Kier molecular flexibility index (Phi) is 9.51. The average molecular weight is 472 g/mol.